The van der Waals surface area contributed by atoms with Crippen LogP contribution >= 0.6 is 15.9 Å². The highest BCUT2D eigenvalue weighted by Gasteiger charge is 2.17. The quantitative estimate of drug-likeness (QED) is 0.923. The van der Waals surface area contributed by atoms with Crippen molar-refractivity contribution < 1.29 is 0 Å². The molecular formula is C14H16BrN3. The van der Waals surface area contributed by atoms with Gasteiger partial charge in [0.2, 0.25) is 0 Å². The maximum atomic E-state index is 4.77. The van der Waals surface area contributed by atoms with Crippen molar-refractivity contribution in [1.82, 2.24) is 14.9 Å². The summed E-state index contributed by atoms with van der Waals surface area (Å²) in [6.45, 7) is 1.96. The van der Waals surface area contributed by atoms with E-state index >= 15 is 0 Å². The van der Waals surface area contributed by atoms with E-state index in [1.54, 1.807) is 0 Å². The molecular weight excluding hydrogens is 290 g/mol. The lowest BCUT2D eigenvalue weighted by Gasteiger charge is -2.13. The van der Waals surface area contributed by atoms with Gasteiger partial charge in [0.05, 0.1) is 5.69 Å². The van der Waals surface area contributed by atoms with Gasteiger partial charge in [-0.3, -0.25) is 0 Å². The first-order valence-electron chi connectivity index (χ1n) is 6.23. The van der Waals surface area contributed by atoms with Crippen molar-refractivity contribution in [3.63, 3.8) is 0 Å². The predicted octanol–water partition coefficient (Wildman–Crippen LogP) is 2.42. The Morgan fingerprint density at radius 3 is 3.00 bits per heavy atom. The predicted molar refractivity (Wildman–Crippen MR) is 75.6 cm³/mol. The van der Waals surface area contributed by atoms with Crippen LogP contribution < -0.4 is 5.32 Å². The Bertz CT molecular complexity index is 574. The molecule has 0 amide bonds. The average Bonchev–Trinajstić information content (AvgIpc) is 2.70. The standard InChI is InChI=1S/C14H16BrN3/c1-18-13-6-7-16-9-12(13)17-14(18)8-10-4-2-3-5-11(10)15/h2-5,16H,6-9H2,1H3. The second-order valence-corrected chi connectivity index (χ2v) is 5.53. The lowest BCUT2D eigenvalue weighted by molar-refractivity contribution is 0.610. The van der Waals surface area contributed by atoms with Gasteiger partial charge in [0.15, 0.2) is 0 Å². The smallest absolute Gasteiger partial charge is 0.113 e. The minimum absolute atomic E-state index is 0.880. The van der Waals surface area contributed by atoms with E-state index in [2.05, 4.69) is 51.1 Å². The molecule has 1 aromatic carbocycles. The van der Waals surface area contributed by atoms with Gasteiger partial charge in [-0.15, -0.1) is 0 Å². The molecule has 1 aliphatic rings. The van der Waals surface area contributed by atoms with Gasteiger partial charge in [-0.25, -0.2) is 4.98 Å². The molecule has 1 aliphatic heterocycles. The van der Waals surface area contributed by atoms with Crippen LogP contribution in [0.2, 0.25) is 0 Å². The molecule has 0 saturated carbocycles. The first-order chi connectivity index (χ1) is 8.75. The fraction of sp³-hybridized carbons (Fsp3) is 0.357. The van der Waals surface area contributed by atoms with Gasteiger partial charge in [0.25, 0.3) is 0 Å². The normalized spacial score (nSPS) is 14.6. The summed E-state index contributed by atoms with van der Waals surface area (Å²) in [5.41, 5.74) is 3.89. The molecule has 2 heterocycles. The third-order valence-electron chi connectivity index (χ3n) is 3.53. The van der Waals surface area contributed by atoms with E-state index in [0.717, 1.165) is 36.2 Å². The summed E-state index contributed by atoms with van der Waals surface area (Å²) in [5.74, 6) is 1.15. The van der Waals surface area contributed by atoms with Crippen LogP contribution in [0.3, 0.4) is 0 Å². The summed E-state index contributed by atoms with van der Waals surface area (Å²) in [4.78, 5) is 4.77. The monoisotopic (exact) mass is 305 g/mol. The lowest BCUT2D eigenvalue weighted by atomic mass is 10.1. The lowest BCUT2D eigenvalue weighted by Crippen LogP contribution is -2.24. The summed E-state index contributed by atoms with van der Waals surface area (Å²) < 4.78 is 3.42. The number of benzene rings is 1. The zero-order valence-corrected chi connectivity index (χ0v) is 12.0. The maximum Gasteiger partial charge on any atom is 0.113 e. The van der Waals surface area contributed by atoms with Gasteiger partial charge in [-0.05, 0) is 11.6 Å². The second-order valence-electron chi connectivity index (χ2n) is 4.68. The Morgan fingerprint density at radius 2 is 2.22 bits per heavy atom. The van der Waals surface area contributed by atoms with Crippen molar-refractivity contribution in [2.75, 3.05) is 6.54 Å². The largest absolute Gasteiger partial charge is 0.334 e. The van der Waals surface area contributed by atoms with Gasteiger partial charge in [0, 0.05) is 43.1 Å². The number of fused-ring (bicyclic) bond motifs is 1. The van der Waals surface area contributed by atoms with Crippen LogP contribution in [0.15, 0.2) is 28.7 Å². The first kappa shape index (κ1) is 11.9. The van der Waals surface area contributed by atoms with E-state index in [0.29, 0.717) is 0 Å². The fourth-order valence-corrected chi connectivity index (χ4v) is 2.91. The van der Waals surface area contributed by atoms with Gasteiger partial charge in [-0.1, -0.05) is 34.1 Å². The maximum absolute atomic E-state index is 4.77. The number of hydrogen-bond donors (Lipinski definition) is 1. The summed E-state index contributed by atoms with van der Waals surface area (Å²) in [7, 11) is 2.13. The molecule has 0 bridgehead atoms. The van der Waals surface area contributed by atoms with Crippen LogP contribution in [0.4, 0.5) is 0 Å². The summed E-state index contributed by atoms with van der Waals surface area (Å²) in [5, 5.41) is 3.37. The Labute approximate surface area is 115 Å². The summed E-state index contributed by atoms with van der Waals surface area (Å²) in [6, 6.07) is 8.35. The molecule has 0 radical (unpaired) electrons. The Kier molecular flexibility index (Phi) is 3.22. The van der Waals surface area contributed by atoms with Crippen LogP contribution in [0, 0.1) is 0 Å². The molecule has 18 heavy (non-hydrogen) atoms. The van der Waals surface area contributed by atoms with E-state index in [4.69, 9.17) is 4.98 Å². The molecule has 3 nitrogen and oxygen atoms in total. The van der Waals surface area contributed by atoms with Crippen LogP contribution in [0.1, 0.15) is 22.8 Å². The van der Waals surface area contributed by atoms with Gasteiger partial charge in [0.1, 0.15) is 5.82 Å². The highest BCUT2D eigenvalue weighted by molar-refractivity contribution is 9.10. The third-order valence-corrected chi connectivity index (χ3v) is 4.30. The van der Waals surface area contributed by atoms with E-state index in [-0.39, 0.29) is 0 Å². The molecule has 0 atom stereocenters. The fourth-order valence-electron chi connectivity index (χ4n) is 2.48. The molecule has 4 heteroatoms. The molecule has 1 N–H and O–H groups in total. The van der Waals surface area contributed by atoms with Crippen LogP contribution in [0.5, 0.6) is 0 Å². The molecule has 0 aliphatic carbocycles. The van der Waals surface area contributed by atoms with E-state index < -0.39 is 0 Å². The Hall–Kier alpha value is -1.13. The van der Waals surface area contributed by atoms with Crippen LogP contribution in [0.25, 0.3) is 0 Å². The van der Waals surface area contributed by atoms with Crippen molar-refractivity contribution in [3.8, 4) is 0 Å². The van der Waals surface area contributed by atoms with Crippen molar-refractivity contribution in [2.45, 2.75) is 19.4 Å². The van der Waals surface area contributed by atoms with E-state index in [1.165, 1.54) is 17.0 Å². The number of rotatable bonds is 2. The number of halogens is 1. The Morgan fingerprint density at radius 1 is 1.39 bits per heavy atom. The van der Waals surface area contributed by atoms with Crippen molar-refractivity contribution >= 4 is 15.9 Å². The number of nitrogens with one attached hydrogen (secondary N) is 1. The molecule has 0 spiro atoms. The van der Waals surface area contributed by atoms with Crippen molar-refractivity contribution in [3.05, 3.63) is 51.5 Å². The number of hydrogen-bond acceptors (Lipinski definition) is 2. The second kappa shape index (κ2) is 4.86. The summed E-state index contributed by atoms with van der Waals surface area (Å²) >= 11 is 3.60. The van der Waals surface area contributed by atoms with Crippen molar-refractivity contribution in [1.29, 1.82) is 0 Å². The number of nitrogens with zero attached hydrogens (tertiary/aromatic N) is 2. The molecule has 0 unspecified atom stereocenters. The molecule has 2 aromatic rings. The van der Waals surface area contributed by atoms with Crippen LogP contribution in [-0.2, 0) is 26.4 Å². The van der Waals surface area contributed by atoms with Gasteiger partial charge in [-0.2, -0.15) is 0 Å². The molecule has 0 fully saturated rings. The van der Waals surface area contributed by atoms with E-state index in [9.17, 15) is 0 Å². The highest BCUT2D eigenvalue weighted by Crippen LogP contribution is 2.21. The number of imidazole rings is 1. The minimum atomic E-state index is 0.880. The minimum Gasteiger partial charge on any atom is -0.334 e. The van der Waals surface area contributed by atoms with E-state index in [1.807, 2.05) is 6.07 Å². The Balaban J connectivity index is 1.94. The van der Waals surface area contributed by atoms with Gasteiger partial charge >= 0.3 is 0 Å². The molecule has 94 valence electrons. The summed E-state index contributed by atoms with van der Waals surface area (Å²) in [6.07, 6.45) is 1.96. The van der Waals surface area contributed by atoms with Crippen LogP contribution in [-0.4, -0.2) is 16.1 Å². The third kappa shape index (κ3) is 2.10. The molecule has 3 rings (SSSR count). The topological polar surface area (TPSA) is 29.9 Å². The highest BCUT2D eigenvalue weighted by atomic mass is 79.9. The average molecular weight is 306 g/mol. The van der Waals surface area contributed by atoms with Crippen molar-refractivity contribution in [2.24, 2.45) is 7.05 Å². The number of aromatic nitrogens is 2. The first-order valence-corrected chi connectivity index (χ1v) is 7.02. The zero-order valence-electron chi connectivity index (χ0n) is 10.4. The molecule has 1 aromatic heterocycles. The molecule has 0 saturated heterocycles. The SMILES string of the molecule is Cn1c(Cc2ccccc2Br)nc2c1CCNC2. The van der Waals surface area contributed by atoms with Gasteiger partial charge < -0.3 is 9.88 Å². The zero-order chi connectivity index (χ0) is 12.5.